The van der Waals surface area contributed by atoms with Gasteiger partial charge in [-0.25, -0.2) is 0 Å². The van der Waals surface area contributed by atoms with Gasteiger partial charge >= 0.3 is 6.61 Å². The van der Waals surface area contributed by atoms with Crippen molar-refractivity contribution < 1.29 is 27.8 Å². The molecule has 0 unspecified atom stereocenters. The highest BCUT2D eigenvalue weighted by Crippen LogP contribution is 2.35. The van der Waals surface area contributed by atoms with Crippen molar-refractivity contribution in [1.29, 1.82) is 0 Å². The van der Waals surface area contributed by atoms with E-state index < -0.39 is 12.7 Å². The van der Waals surface area contributed by atoms with Gasteiger partial charge in [-0.3, -0.25) is 14.5 Å². The second kappa shape index (κ2) is 10.1. The van der Waals surface area contributed by atoms with Crippen molar-refractivity contribution in [2.24, 2.45) is 17.6 Å². The largest absolute Gasteiger partial charge is 0.433 e. The molecule has 0 aromatic heterocycles. The Hall–Kier alpha value is -2.30. The van der Waals surface area contributed by atoms with E-state index >= 15 is 0 Å². The Kier molecular flexibility index (Phi) is 7.22. The van der Waals surface area contributed by atoms with E-state index in [2.05, 4.69) is 15.0 Å². The molecule has 1 saturated heterocycles. The molecule has 0 spiro atoms. The molecule has 4 rings (SSSR count). The molecule has 2 saturated carbocycles. The third kappa shape index (κ3) is 5.93. The van der Waals surface area contributed by atoms with E-state index in [1.807, 2.05) is 0 Å². The summed E-state index contributed by atoms with van der Waals surface area (Å²) in [6.45, 7) is -0.700. The molecule has 10 heteroatoms. The van der Waals surface area contributed by atoms with E-state index in [1.54, 1.807) is 6.07 Å². The fourth-order valence-electron chi connectivity index (χ4n) is 4.00. The molecule has 0 bridgehead atoms. The predicted octanol–water partition coefficient (Wildman–Crippen LogP) is 2.04. The van der Waals surface area contributed by atoms with E-state index in [9.17, 15) is 18.4 Å². The topological polar surface area (TPSA) is 97.1 Å². The second-order valence-electron chi connectivity index (χ2n) is 8.74. The highest BCUT2D eigenvalue weighted by atomic mass is 19.3. The first kappa shape index (κ1) is 22.9. The van der Waals surface area contributed by atoms with Crippen molar-refractivity contribution in [2.75, 3.05) is 49.6 Å². The number of benzene rings is 1. The lowest BCUT2D eigenvalue weighted by Crippen LogP contribution is -2.50. The molecule has 1 atom stereocenters. The Morgan fingerprint density at radius 1 is 1.25 bits per heavy atom. The van der Waals surface area contributed by atoms with Crippen LogP contribution in [0.4, 0.5) is 20.2 Å². The Morgan fingerprint density at radius 3 is 2.50 bits per heavy atom. The van der Waals surface area contributed by atoms with Crippen LogP contribution in [0.1, 0.15) is 25.7 Å². The molecule has 176 valence electrons. The van der Waals surface area contributed by atoms with Crippen molar-refractivity contribution in [3.63, 3.8) is 0 Å². The lowest BCUT2D eigenvalue weighted by atomic mass is 10.1. The summed E-state index contributed by atoms with van der Waals surface area (Å²) in [5.41, 5.74) is 6.50. The Morgan fingerprint density at radius 2 is 1.94 bits per heavy atom. The average molecular weight is 453 g/mol. The van der Waals surface area contributed by atoms with Gasteiger partial charge in [0.05, 0.1) is 12.3 Å². The lowest BCUT2D eigenvalue weighted by molar-refractivity contribution is -0.125. The number of hydrogen-bond acceptors (Lipinski definition) is 6. The van der Waals surface area contributed by atoms with Crippen LogP contribution in [0, 0.1) is 11.8 Å². The zero-order valence-electron chi connectivity index (χ0n) is 18.0. The van der Waals surface area contributed by atoms with Crippen molar-refractivity contribution in [3.8, 4) is 5.75 Å². The van der Waals surface area contributed by atoms with Gasteiger partial charge in [0.2, 0.25) is 5.91 Å². The standard InChI is InChI=1S/C22H30F2N4O4/c23-22(24)32-19-9-16(28-7-8-31-13-20(28)29)5-6-17(19)26-21(30)18(10-25)27(11-14-1-2-14)12-15-3-4-15/h5-6,9,14-15,18,22H,1-4,7-8,10-13,25H2,(H,26,30)/t18-/m0/s1. The maximum absolute atomic E-state index is 13.1. The third-order valence-electron chi connectivity index (χ3n) is 6.08. The number of nitrogens with one attached hydrogen (secondary N) is 1. The van der Waals surface area contributed by atoms with Crippen LogP contribution >= 0.6 is 0 Å². The summed E-state index contributed by atoms with van der Waals surface area (Å²) in [6, 6.07) is 3.87. The number of morpholine rings is 1. The smallest absolute Gasteiger partial charge is 0.387 e. The second-order valence-corrected chi connectivity index (χ2v) is 8.74. The fourth-order valence-corrected chi connectivity index (χ4v) is 4.00. The average Bonchev–Trinajstić information content (AvgIpc) is 3.67. The van der Waals surface area contributed by atoms with Crippen LogP contribution in [0.5, 0.6) is 5.75 Å². The lowest BCUT2D eigenvalue weighted by Gasteiger charge is -2.30. The summed E-state index contributed by atoms with van der Waals surface area (Å²) in [5.74, 6) is 0.382. The normalized spacial score (nSPS) is 20.0. The van der Waals surface area contributed by atoms with Gasteiger partial charge in [-0.05, 0) is 49.7 Å². The van der Waals surface area contributed by atoms with Crippen LogP contribution in [0.2, 0.25) is 0 Å². The zero-order valence-corrected chi connectivity index (χ0v) is 18.0. The number of hydrogen-bond donors (Lipinski definition) is 2. The molecule has 1 aromatic rings. The highest BCUT2D eigenvalue weighted by Gasteiger charge is 2.35. The van der Waals surface area contributed by atoms with E-state index in [-0.39, 0.29) is 36.4 Å². The number of carbonyl (C=O) groups excluding carboxylic acids is 2. The van der Waals surface area contributed by atoms with E-state index in [0.717, 1.165) is 38.8 Å². The Labute approximate surface area is 186 Å². The molecule has 8 nitrogen and oxygen atoms in total. The molecule has 3 N–H and O–H groups in total. The third-order valence-corrected chi connectivity index (χ3v) is 6.08. The number of carbonyl (C=O) groups is 2. The molecular formula is C22H30F2N4O4. The summed E-state index contributed by atoms with van der Waals surface area (Å²) in [4.78, 5) is 28.8. The SMILES string of the molecule is NC[C@@H](C(=O)Nc1ccc(N2CCOCC2=O)cc1OC(F)F)N(CC1CC1)CC1CC1. The molecule has 1 aromatic carbocycles. The first-order valence-electron chi connectivity index (χ1n) is 11.2. The minimum Gasteiger partial charge on any atom is -0.433 e. The molecule has 32 heavy (non-hydrogen) atoms. The van der Waals surface area contributed by atoms with Crippen LogP contribution in [-0.4, -0.2) is 68.8 Å². The van der Waals surface area contributed by atoms with E-state index in [0.29, 0.717) is 30.7 Å². The number of nitrogens with zero attached hydrogens (tertiary/aromatic N) is 2. The van der Waals surface area contributed by atoms with Crippen LogP contribution in [0.15, 0.2) is 18.2 Å². The summed E-state index contributed by atoms with van der Waals surface area (Å²) < 4.78 is 35.9. The molecule has 1 heterocycles. The maximum atomic E-state index is 13.1. The minimum atomic E-state index is -3.08. The maximum Gasteiger partial charge on any atom is 0.387 e. The Bertz CT molecular complexity index is 818. The van der Waals surface area contributed by atoms with Gasteiger partial charge in [-0.15, -0.1) is 0 Å². The molecule has 2 amide bonds. The van der Waals surface area contributed by atoms with Crippen molar-refractivity contribution in [2.45, 2.75) is 38.3 Å². The van der Waals surface area contributed by atoms with Gasteiger partial charge in [0.15, 0.2) is 5.75 Å². The molecule has 1 aliphatic heterocycles. The minimum absolute atomic E-state index is 0.0699. The molecule has 3 fully saturated rings. The first-order chi connectivity index (χ1) is 15.4. The number of rotatable bonds is 11. The van der Waals surface area contributed by atoms with Crippen molar-refractivity contribution in [3.05, 3.63) is 18.2 Å². The summed E-state index contributed by atoms with van der Waals surface area (Å²) >= 11 is 0. The zero-order chi connectivity index (χ0) is 22.7. The van der Waals surface area contributed by atoms with Crippen LogP contribution in [-0.2, 0) is 14.3 Å². The molecule has 0 radical (unpaired) electrons. The number of anilines is 2. The molecule has 2 aliphatic carbocycles. The number of alkyl halides is 2. The fraction of sp³-hybridized carbons (Fsp3) is 0.636. The first-order valence-corrected chi connectivity index (χ1v) is 11.2. The summed E-state index contributed by atoms with van der Waals surface area (Å²) in [5, 5.41) is 2.73. The monoisotopic (exact) mass is 452 g/mol. The van der Waals surface area contributed by atoms with Crippen molar-refractivity contribution >= 4 is 23.2 Å². The van der Waals surface area contributed by atoms with E-state index in [4.69, 9.17) is 10.5 Å². The van der Waals surface area contributed by atoms with Crippen LogP contribution in [0.3, 0.4) is 0 Å². The van der Waals surface area contributed by atoms with Crippen LogP contribution in [0.25, 0.3) is 0 Å². The summed E-state index contributed by atoms with van der Waals surface area (Å²) in [7, 11) is 0. The van der Waals surface area contributed by atoms with Gasteiger partial charge in [0.25, 0.3) is 5.91 Å². The van der Waals surface area contributed by atoms with Gasteiger partial charge in [0.1, 0.15) is 12.6 Å². The van der Waals surface area contributed by atoms with Gasteiger partial charge in [0, 0.05) is 37.9 Å². The quantitative estimate of drug-likeness (QED) is 0.533. The molecular weight excluding hydrogens is 422 g/mol. The van der Waals surface area contributed by atoms with Gasteiger partial charge in [-0.1, -0.05) is 0 Å². The number of halogens is 2. The highest BCUT2D eigenvalue weighted by molar-refractivity contribution is 5.98. The predicted molar refractivity (Wildman–Crippen MR) is 115 cm³/mol. The summed E-state index contributed by atoms with van der Waals surface area (Å²) in [6.07, 6.45) is 4.64. The number of nitrogens with two attached hydrogens (primary N) is 1. The van der Waals surface area contributed by atoms with Crippen LogP contribution < -0.4 is 20.7 Å². The Balaban J connectivity index is 1.51. The van der Waals surface area contributed by atoms with Gasteiger partial charge < -0.3 is 25.4 Å². The number of ether oxygens (including phenoxy) is 2. The number of amides is 2. The van der Waals surface area contributed by atoms with E-state index in [1.165, 1.54) is 17.0 Å². The molecule has 3 aliphatic rings. The van der Waals surface area contributed by atoms with Crippen molar-refractivity contribution in [1.82, 2.24) is 4.90 Å². The van der Waals surface area contributed by atoms with Gasteiger partial charge in [-0.2, -0.15) is 8.78 Å².